The molecule has 0 radical (unpaired) electrons. The Bertz CT molecular complexity index is 846. The summed E-state index contributed by atoms with van der Waals surface area (Å²) < 4.78 is 15.6. The number of aliphatic imine (C=N–C) groups is 1. The van der Waals surface area contributed by atoms with Gasteiger partial charge in [0.25, 0.3) is 0 Å². The van der Waals surface area contributed by atoms with Crippen molar-refractivity contribution < 1.29 is 28.9 Å². The van der Waals surface area contributed by atoms with Gasteiger partial charge in [0.05, 0.1) is 25.0 Å². The molecule has 0 fully saturated rings. The average Bonchev–Trinajstić information content (AvgIpc) is 2.67. The standard InChI is InChI=1S/C20H21NO6/c1-4-26-20(24)15-6-5-7-16(11-15)21-12-14-8-9-17(18(10-14)25-3)27-13(2)19(22)23/h5-13H,4H2,1-3H3,(H,22,23)/t13-/m0/s1. The van der Waals surface area contributed by atoms with E-state index in [0.717, 1.165) is 5.56 Å². The Morgan fingerprint density at radius 3 is 2.63 bits per heavy atom. The third kappa shape index (κ3) is 5.57. The van der Waals surface area contributed by atoms with Crippen molar-refractivity contribution in [1.29, 1.82) is 0 Å². The van der Waals surface area contributed by atoms with E-state index in [0.29, 0.717) is 29.4 Å². The first-order valence-corrected chi connectivity index (χ1v) is 8.33. The molecule has 0 unspecified atom stereocenters. The zero-order valence-electron chi connectivity index (χ0n) is 15.3. The highest BCUT2D eigenvalue weighted by molar-refractivity contribution is 5.91. The molecule has 0 aliphatic heterocycles. The van der Waals surface area contributed by atoms with Crippen LogP contribution in [-0.2, 0) is 9.53 Å². The van der Waals surface area contributed by atoms with Gasteiger partial charge in [-0.25, -0.2) is 9.59 Å². The molecule has 2 aromatic carbocycles. The molecule has 0 amide bonds. The first-order chi connectivity index (χ1) is 12.9. The van der Waals surface area contributed by atoms with Crippen LogP contribution in [0.3, 0.4) is 0 Å². The monoisotopic (exact) mass is 371 g/mol. The molecule has 0 bridgehead atoms. The van der Waals surface area contributed by atoms with E-state index in [9.17, 15) is 9.59 Å². The van der Waals surface area contributed by atoms with Gasteiger partial charge in [-0.2, -0.15) is 0 Å². The van der Waals surface area contributed by atoms with Crippen LogP contribution in [0.5, 0.6) is 11.5 Å². The normalized spacial score (nSPS) is 11.8. The molecule has 0 saturated heterocycles. The summed E-state index contributed by atoms with van der Waals surface area (Å²) in [6.45, 7) is 3.49. The summed E-state index contributed by atoms with van der Waals surface area (Å²) in [5.74, 6) is -0.740. The third-order valence-corrected chi connectivity index (χ3v) is 3.56. The average molecular weight is 371 g/mol. The van der Waals surface area contributed by atoms with Crippen molar-refractivity contribution in [2.75, 3.05) is 13.7 Å². The number of aliphatic carboxylic acids is 1. The van der Waals surface area contributed by atoms with Crippen molar-refractivity contribution in [2.24, 2.45) is 4.99 Å². The maximum atomic E-state index is 11.8. The molecule has 0 aliphatic carbocycles. The van der Waals surface area contributed by atoms with E-state index < -0.39 is 18.0 Å². The van der Waals surface area contributed by atoms with E-state index in [1.165, 1.54) is 14.0 Å². The lowest BCUT2D eigenvalue weighted by atomic mass is 10.2. The second-order valence-corrected chi connectivity index (χ2v) is 5.54. The van der Waals surface area contributed by atoms with Crippen LogP contribution in [0.4, 0.5) is 5.69 Å². The summed E-state index contributed by atoms with van der Waals surface area (Å²) >= 11 is 0. The molecule has 7 nitrogen and oxygen atoms in total. The molecule has 0 spiro atoms. The van der Waals surface area contributed by atoms with Crippen LogP contribution in [0, 0.1) is 0 Å². The molecule has 2 aromatic rings. The molecule has 2 rings (SSSR count). The fraction of sp³-hybridized carbons (Fsp3) is 0.250. The second kappa shape index (κ2) is 9.38. The molecular weight excluding hydrogens is 350 g/mol. The van der Waals surface area contributed by atoms with Gasteiger partial charge in [-0.3, -0.25) is 4.99 Å². The third-order valence-electron chi connectivity index (χ3n) is 3.56. The number of methoxy groups -OCH3 is 1. The molecule has 1 N–H and O–H groups in total. The van der Waals surface area contributed by atoms with Gasteiger partial charge in [-0.15, -0.1) is 0 Å². The van der Waals surface area contributed by atoms with Gasteiger partial charge in [0.1, 0.15) is 0 Å². The molecule has 0 saturated carbocycles. The quantitative estimate of drug-likeness (QED) is 0.564. The fourth-order valence-electron chi connectivity index (χ4n) is 2.18. The van der Waals surface area contributed by atoms with Crippen LogP contribution in [0.15, 0.2) is 47.5 Å². The molecule has 142 valence electrons. The molecule has 1 atom stereocenters. The van der Waals surface area contributed by atoms with Crippen LogP contribution in [-0.4, -0.2) is 43.1 Å². The number of hydrogen-bond acceptors (Lipinski definition) is 6. The van der Waals surface area contributed by atoms with Crippen molar-refractivity contribution in [2.45, 2.75) is 20.0 Å². The topological polar surface area (TPSA) is 94.4 Å². The van der Waals surface area contributed by atoms with E-state index in [2.05, 4.69) is 4.99 Å². The molecular formula is C20H21NO6. The van der Waals surface area contributed by atoms with E-state index in [-0.39, 0.29) is 0 Å². The van der Waals surface area contributed by atoms with Crippen LogP contribution in [0.1, 0.15) is 29.8 Å². The van der Waals surface area contributed by atoms with Crippen molar-refractivity contribution in [1.82, 2.24) is 0 Å². The van der Waals surface area contributed by atoms with E-state index in [4.69, 9.17) is 19.3 Å². The number of rotatable bonds is 8. The maximum Gasteiger partial charge on any atom is 0.344 e. The lowest BCUT2D eigenvalue weighted by Crippen LogP contribution is -2.23. The minimum Gasteiger partial charge on any atom is -0.493 e. The number of esters is 1. The lowest BCUT2D eigenvalue weighted by molar-refractivity contribution is -0.144. The predicted octanol–water partition coefficient (Wildman–Crippen LogP) is 3.47. The minimum absolute atomic E-state index is 0.307. The molecule has 0 aliphatic rings. The second-order valence-electron chi connectivity index (χ2n) is 5.54. The number of ether oxygens (including phenoxy) is 3. The molecule has 0 heterocycles. The highest BCUT2D eigenvalue weighted by Crippen LogP contribution is 2.28. The van der Waals surface area contributed by atoms with Gasteiger partial charge in [-0.1, -0.05) is 6.07 Å². The summed E-state index contributed by atoms with van der Waals surface area (Å²) in [6.07, 6.45) is 0.612. The first kappa shape index (κ1) is 20.0. The SMILES string of the molecule is CCOC(=O)c1cccc(N=Cc2ccc(O[C@@H](C)C(=O)O)c(OC)c2)c1. The van der Waals surface area contributed by atoms with Crippen LogP contribution < -0.4 is 9.47 Å². The van der Waals surface area contributed by atoms with Crippen molar-refractivity contribution in [3.63, 3.8) is 0 Å². The lowest BCUT2D eigenvalue weighted by Gasteiger charge is -2.14. The number of carbonyl (C=O) groups excluding carboxylic acids is 1. The predicted molar refractivity (Wildman–Crippen MR) is 100 cm³/mol. The number of carboxylic acid groups (broad SMARTS) is 1. The summed E-state index contributed by atoms with van der Waals surface area (Å²) in [4.78, 5) is 27.1. The Labute approximate surface area is 157 Å². The highest BCUT2D eigenvalue weighted by atomic mass is 16.5. The molecule has 0 aromatic heterocycles. The number of benzene rings is 2. The van der Waals surface area contributed by atoms with Gasteiger partial charge >= 0.3 is 11.9 Å². The smallest absolute Gasteiger partial charge is 0.344 e. The van der Waals surface area contributed by atoms with Gasteiger partial charge in [0.15, 0.2) is 17.6 Å². The van der Waals surface area contributed by atoms with Crippen LogP contribution in [0.2, 0.25) is 0 Å². The van der Waals surface area contributed by atoms with Gasteiger partial charge in [0.2, 0.25) is 0 Å². The number of hydrogen-bond donors (Lipinski definition) is 1. The van der Waals surface area contributed by atoms with Crippen LogP contribution >= 0.6 is 0 Å². The zero-order valence-corrected chi connectivity index (χ0v) is 15.3. The number of nitrogens with zero attached hydrogens (tertiary/aromatic N) is 1. The van der Waals surface area contributed by atoms with Gasteiger partial charge in [-0.05, 0) is 55.8 Å². The number of carboxylic acids is 1. The Kier molecular flexibility index (Phi) is 6.93. The molecule has 27 heavy (non-hydrogen) atoms. The Hall–Kier alpha value is -3.35. The fourth-order valence-corrected chi connectivity index (χ4v) is 2.18. The van der Waals surface area contributed by atoms with Crippen LogP contribution in [0.25, 0.3) is 0 Å². The van der Waals surface area contributed by atoms with Crippen molar-refractivity contribution in [3.8, 4) is 11.5 Å². The van der Waals surface area contributed by atoms with E-state index >= 15 is 0 Å². The van der Waals surface area contributed by atoms with E-state index in [1.807, 2.05) is 0 Å². The Morgan fingerprint density at radius 2 is 1.96 bits per heavy atom. The maximum absolute atomic E-state index is 11.8. The summed E-state index contributed by atoms with van der Waals surface area (Å²) in [5, 5.41) is 8.95. The summed E-state index contributed by atoms with van der Waals surface area (Å²) in [6, 6.07) is 11.8. The van der Waals surface area contributed by atoms with E-state index in [1.54, 1.807) is 55.6 Å². The molecule has 7 heteroatoms. The zero-order chi connectivity index (χ0) is 19.8. The highest BCUT2D eigenvalue weighted by Gasteiger charge is 2.15. The summed E-state index contributed by atoms with van der Waals surface area (Å²) in [5.41, 5.74) is 1.75. The Morgan fingerprint density at radius 1 is 1.19 bits per heavy atom. The summed E-state index contributed by atoms with van der Waals surface area (Å²) in [7, 11) is 1.47. The van der Waals surface area contributed by atoms with Crippen molar-refractivity contribution >= 4 is 23.8 Å². The van der Waals surface area contributed by atoms with Gasteiger partial charge in [0, 0.05) is 6.21 Å². The van der Waals surface area contributed by atoms with Gasteiger partial charge < -0.3 is 19.3 Å². The first-order valence-electron chi connectivity index (χ1n) is 8.33. The largest absolute Gasteiger partial charge is 0.493 e. The minimum atomic E-state index is -1.07. The Balaban J connectivity index is 2.18. The van der Waals surface area contributed by atoms with Crippen molar-refractivity contribution in [3.05, 3.63) is 53.6 Å². The number of carbonyl (C=O) groups is 2.